The number of aryl methyl sites for hydroxylation is 1. The van der Waals surface area contributed by atoms with E-state index in [9.17, 15) is 13.2 Å². The summed E-state index contributed by atoms with van der Waals surface area (Å²) in [6.45, 7) is 3.50. The molecule has 0 spiro atoms. The van der Waals surface area contributed by atoms with Crippen LogP contribution in [0.1, 0.15) is 24.1 Å². The van der Waals surface area contributed by atoms with Crippen molar-refractivity contribution in [2.75, 3.05) is 26.0 Å². The Kier molecular flexibility index (Phi) is 6.22. The van der Waals surface area contributed by atoms with Gasteiger partial charge in [0, 0.05) is 19.5 Å². The van der Waals surface area contributed by atoms with Crippen LogP contribution in [0.2, 0.25) is 0 Å². The molecule has 8 nitrogen and oxygen atoms in total. The number of aromatic nitrogens is 2. The highest BCUT2D eigenvalue weighted by Gasteiger charge is 2.23. The number of amides is 1. The molecule has 0 fully saturated rings. The summed E-state index contributed by atoms with van der Waals surface area (Å²) in [7, 11) is -0.0279. The molecule has 1 amide bonds. The Bertz CT molecular complexity index is 831. The summed E-state index contributed by atoms with van der Waals surface area (Å²) in [5.74, 6) is -0.333. The summed E-state index contributed by atoms with van der Waals surface area (Å²) in [6.07, 6.45) is 0. The molecule has 1 aromatic heterocycles. The van der Waals surface area contributed by atoms with Crippen LogP contribution in [-0.2, 0) is 14.8 Å². The molecule has 0 saturated carbocycles. The highest BCUT2D eigenvalue weighted by atomic mass is 32.2. The zero-order chi connectivity index (χ0) is 18.6. The minimum atomic E-state index is -3.80. The van der Waals surface area contributed by atoms with Crippen molar-refractivity contribution in [1.82, 2.24) is 19.8 Å². The second kappa shape index (κ2) is 8.00. The van der Waals surface area contributed by atoms with Gasteiger partial charge in [-0.2, -0.15) is 0 Å². The number of nitrogens with zero attached hydrogens (tertiary/aromatic N) is 3. The first-order valence-electron chi connectivity index (χ1n) is 7.53. The van der Waals surface area contributed by atoms with Gasteiger partial charge in [0.15, 0.2) is 0 Å². The second-order valence-corrected chi connectivity index (χ2v) is 8.71. The van der Waals surface area contributed by atoms with E-state index >= 15 is 0 Å². The Morgan fingerprint density at radius 3 is 2.44 bits per heavy atom. The van der Waals surface area contributed by atoms with E-state index in [0.29, 0.717) is 0 Å². The van der Waals surface area contributed by atoms with Crippen LogP contribution in [0.3, 0.4) is 0 Å². The van der Waals surface area contributed by atoms with Gasteiger partial charge in [-0.05, 0) is 26.6 Å². The van der Waals surface area contributed by atoms with Crippen LogP contribution in [0.4, 0.5) is 5.13 Å². The summed E-state index contributed by atoms with van der Waals surface area (Å²) in [6, 6.07) is 7.82. The molecule has 2 rings (SSSR count). The van der Waals surface area contributed by atoms with Crippen molar-refractivity contribution in [3.8, 4) is 0 Å². The fourth-order valence-corrected chi connectivity index (χ4v) is 4.18. The first-order chi connectivity index (χ1) is 11.7. The first-order valence-corrected chi connectivity index (χ1v) is 9.83. The van der Waals surface area contributed by atoms with Crippen LogP contribution in [0.25, 0.3) is 0 Å². The fraction of sp³-hybridized carbons (Fsp3) is 0.400. The lowest BCUT2D eigenvalue weighted by molar-refractivity contribution is -0.114. The average molecular weight is 383 g/mol. The molecular formula is C15H21N5O3S2. The third-order valence-corrected chi connectivity index (χ3v) is 6.10. The molecule has 25 heavy (non-hydrogen) atoms. The SMILES string of the molecule is CC(=O)Nc1nnc(S(=O)(=O)NCC(c2ccc(C)cc2)N(C)C)s1. The maximum absolute atomic E-state index is 12.4. The van der Waals surface area contributed by atoms with Crippen LogP contribution >= 0.6 is 11.3 Å². The van der Waals surface area contributed by atoms with Crippen LogP contribution in [0.15, 0.2) is 28.6 Å². The van der Waals surface area contributed by atoms with Gasteiger partial charge in [-0.1, -0.05) is 41.2 Å². The number of anilines is 1. The average Bonchev–Trinajstić information content (AvgIpc) is 2.97. The van der Waals surface area contributed by atoms with E-state index in [-0.39, 0.29) is 28.0 Å². The van der Waals surface area contributed by atoms with Crippen molar-refractivity contribution in [2.45, 2.75) is 24.2 Å². The zero-order valence-corrected chi connectivity index (χ0v) is 16.1. The number of hydrogen-bond acceptors (Lipinski definition) is 7. The largest absolute Gasteiger partial charge is 0.301 e. The first kappa shape index (κ1) is 19.4. The lowest BCUT2D eigenvalue weighted by atomic mass is 10.0. The fourth-order valence-electron chi connectivity index (χ4n) is 2.16. The van der Waals surface area contributed by atoms with E-state index in [1.54, 1.807) is 0 Å². The van der Waals surface area contributed by atoms with Gasteiger partial charge in [-0.3, -0.25) is 4.79 Å². The Labute approximate surface area is 151 Å². The van der Waals surface area contributed by atoms with Crippen LogP contribution < -0.4 is 10.0 Å². The van der Waals surface area contributed by atoms with Gasteiger partial charge in [0.05, 0.1) is 0 Å². The van der Waals surface area contributed by atoms with Crippen LogP contribution in [0.5, 0.6) is 0 Å². The Hall–Kier alpha value is -1.88. The number of benzene rings is 1. The van der Waals surface area contributed by atoms with E-state index < -0.39 is 10.0 Å². The van der Waals surface area contributed by atoms with Crippen molar-refractivity contribution in [3.63, 3.8) is 0 Å². The Morgan fingerprint density at radius 2 is 1.88 bits per heavy atom. The molecule has 0 aliphatic carbocycles. The standard InChI is InChI=1S/C15H21N5O3S2/c1-10-5-7-12(8-6-10)13(20(3)4)9-16-25(22,23)15-19-18-14(24-15)17-11(2)21/h5-8,13,16H,9H2,1-4H3,(H,17,18,21). The number of rotatable bonds is 7. The maximum Gasteiger partial charge on any atom is 0.269 e. The quantitative estimate of drug-likeness (QED) is 0.700. The molecule has 0 aliphatic rings. The molecule has 1 unspecified atom stereocenters. The van der Waals surface area contributed by atoms with Gasteiger partial charge in [-0.25, -0.2) is 13.1 Å². The monoisotopic (exact) mass is 383 g/mol. The third kappa shape index (κ3) is 5.30. The van der Waals surface area contributed by atoms with Gasteiger partial charge in [0.2, 0.25) is 15.4 Å². The molecule has 1 heterocycles. The molecule has 136 valence electrons. The number of hydrogen-bond donors (Lipinski definition) is 2. The number of likely N-dealkylation sites (N-methyl/N-ethyl adjacent to an activating group) is 1. The summed E-state index contributed by atoms with van der Waals surface area (Å²) in [5, 5.41) is 9.86. The third-order valence-electron chi connectivity index (χ3n) is 3.47. The molecule has 2 aromatic rings. The minimum Gasteiger partial charge on any atom is -0.301 e. The lowest BCUT2D eigenvalue weighted by Crippen LogP contribution is -2.34. The van der Waals surface area contributed by atoms with Crippen molar-refractivity contribution in [1.29, 1.82) is 0 Å². The van der Waals surface area contributed by atoms with Gasteiger partial charge in [0.25, 0.3) is 10.0 Å². The second-order valence-electron chi connectivity index (χ2n) is 5.80. The Balaban J connectivity index is 2.12. The maximum atomic E-state index is 12.4. The lowest BCUT2D eigenvalue weighted by Gasteiger charge is -2.25. The van der Waals surface area contributed by atoms with E-state index in [0.717, 1.165) is 22.5 Å². The van der Waals surface area contributed by atoms with Crippen LogP contribution in [0, 0.1) is 6.92 Å². The highest BCUT2D eigenvalue weighted by molar-refractivity contribution is 7.91. The topological polar surface area (TPSA) is 104 Å². The highest BCUT2D eigenvalue weighted by Crippen LogP contribution is 2.22. The summed E-state index contributed by atoms with van der Waals surface area (Å²) >= 11 is 0.808. The summed E-state index contributed by atoms with van der Waals surface area (Å²) in [4.78, 5) is 12.9. The zero-order valence-electron chi connectivity index (χ0n) is 14.5. The predicted molar refractivity (Wildman–Crippen MR) is 97.0 cm³/mol. The number of sulfonamides is 1. The molecule has 0 radical (unpaired) electrons. The number of carbonyl (C=O) groups is 1. The minimum absolute atomic E-state index is 0.127. The molecule has 0 bridgehead atoms. The van der Waals surface area contributed by atoms with Gasteiger partial charge in [0.1, 0.15) is 0 Å². The van der Waals surface area contributed by atoms with Gasteiger partial charge in [-0.15, -0.1) is 10.2 Å². The molecule has 0 saturated heterocycles. The van der Waals surface area contributed by atoms with E-state index in [2.05, 4.69) is 20.2 Å². The molecule has 10 heteroatoms. The van der Waals surface area contributed by atoms with Crippen molar-refractivity contribution < 1.29 is 13.2 Å². The number of carbonyl (C=O) groups excluding carboxylic acids is 1. The summed E-state index contributed by atoms with van der Waals surface area (Å²) in [5.41, 5.74) is 2.15. The molecule has 1 aromatic carbocycles. The van der Waals surface area contributed by atoms with E-state index in [4.69, 9.17) is 0 Å². The molecular weight excluding hydrogens is 362 g/mol. The molecule has 2 N–H and O–H groups in total. The number of nitrogens with one attached hydrogen (secondary N) is 2. The Morgan fingerprint density at radius 1 is 1.24 bits per heavy atom. The van der Waals surface area contributed by atoms with Crippen LogP contribution in [-0.4, -0.2) is 50.1 Å². The van der Waals surface area contributed by atoms with Gasteiger partial charge >= 0.3 is 0 Å². The normalized spacial score (nSPS) is 13.0. The molecule has 1 atom stereocenters. The van der Waals surface area contributed by atoms with E-state index in [1.807, 2.05) is 50.2 Å². The smallest absolute Gasteiger partial charge is 0.269 e. The summed E-state index contributed by atoms with van der Waals surface area (Å²) < 4.78 is 27.2. The van der Waals surface area contributed by atoms with Crippen molar-refractivity contribution >= 4 is 32.4 Å². The van der Waals surface area contributed by atoms with E-state index in [1.165, 1.54) is 6.92 Å². The molecule has 0 aliphatic heterocycles. The van der Waals surface area contributed by atoms with Crippen molar-refractivity contribution in [3.05, 3.63) is 35.4 Å². The van der Waals surface area contributed by atoms with Crippen molar-refractivity contribution in [2.24, 2.45) is 0 Å². The van der Waals surface area contributed by atoms with Gasteiger partial charge < -0.3 is 10.2 Å². The predicted octanol–water partition coefficient (Wildman–Crippen LogP) is 1.39.